The van der Waals surface area contributed by atoms with E-state index in [9.17, 15) is 9.18 Å². The molecule has 1 heterocycles. The van der Waals surface area contributed by atoms with Gasteiger partial charge < -0.3 is 4.74 Å². The van der Waals surface area contributed by atoms with Gasteiger partial charge in [0, 0.05) is 10.2 Å². The fraction of sp³-hybridized carbons (Fsp3) is 0.143. The van der Waals surface area contributed by atoms with Crippen molar-refractivity contribution in [2.24, 2.45) is 0 Å². The average Bonchev–Trinajstić information content (AvgIpc) is 2.50. The molecule has 0 atom stereocenters. The largest absolute Gasteiger partial charge is 0.464 e. The zero-order valence-electron chi connectivity index (χ0n) is 10.9. The molecule has 0 spiro atoms. The molecular weight excluding hydrogens is 381 g/mol. The summed E-state index contributed by atoms with van der Waals surface area (Å²) in [5.41, 5.74) is 0.996. The van der Waals surface area contributed by atoms with Crippen LogP contribution < -0.4 is 0 Å². The SMILES string of the molecule is COC(=O)c1nc(Sc2ccc(F)c(Cl)c2)ccc1CBr. The smallest absolute Gasteiger partial charge is 0.357 e. The highest BCUT2D eigenvalue weighted by Crippen LogP contribution is 2.30. The number of aromatic nitrogens is 1. The van der Waals surface area contributed by atoms with Crippen molar-refractivity contribution in [1.82, 2.24) is 4.98 Å². The number of hydrogen-bond donors (Lipinski definition) is 0. The summed E-state index contributed by atoms with van der Waals surface area (Å²) >= 11 is 10.3. The third kappa shape index (κ3) is 3.96. The number of pyridine rings is 1. The number of alkyl halides is 1. The molecule has 1 aromatic heterocycles. The fourth-order valence-electron chi connectivity index (χ4n) is 1.57. The lowest BCUT2D eigenvalue weighted by atomic mass is 10.2. The summed E-state index contributed by atoms with van der Waals surface area (Å²) in [4.78, 5) is 16.7. The summed E-state index contributed by atoms with van der Waals surface area (Å²) in [6.45, 7) is 0. The molecule has 0 aliphatic rings. The normalized spacial score (nSPS) is 10.5. The van der Waals surface area contributed by atoms with Gasteiger partial charge in [0.2, 0.25) is 0 Å². The zero-order valence-corrected chi connectivity index (χ0v) is 14.1. The molecule has 0 amide bonds. The number of esters is 1. The molecule has 0 saturated heterocycles. The number of nitrogens with zero attached hydrogens (tertiary/aromatic N) is 1. The summed E-state index contributed by atoms with van der Waals surface area (Å²) in [5.74, 6) is -0.970. The van der Waals surface area contributed by atoms with E-state index < -0.39 is 11.8 Å². The molecular formula is C14H10BrClFNO2S. The lowest BCUT2D eigenvalue weighted by Gasteiger charge is -2.07. The van der Waals surface area contributed by atoms with Crippen molar-refractivity contribution < 1.29 is 13.9 Å². The minimum atomic E-state index is -0.496. The summed E-state index contributed by atoms with van der Waals surface area (Å²) in [6, 6.07) is 7.98. The molecule has 110 valence electrons. The first-order valence-corrected chi connectivity index (χ1v) is 8.14. The van der Waals surface area contributed by atoms with Crippen LogP contribution in [0.1, 0.15) is 16.1 Å². The summed E-state index contributed by atoms with van der Waals surface area (Å²) < 4.78 is 17.8. The quantitative estimate of drug-likeness (QED) is 0.560. The zero-order chi connectivity index (χ0) is 15.4. The second kappa shape index (κ2) is 7.24. The van der Waals surface area contributed by atoms with Gasteiger partial charge in [0.1, 0.15) is 10.8 Å². The predicted molar refractivity (Wildman–Crippen MR) is 83.7 cm³/mol. The maximum absolute atomic E-state index is 13.1. The first-order chi connectivity index (χ1) is 10.0. The molecule has 0 bridgehead atoms. The molecule has 1 aromatic carbocycles. The van der Waals surface area contributed by atoms with Crippen LogP contribution in [0.3, 0.4) is 0 Å². The van der Waals surface area contributed by atoms with E-state index in [1.165, 1.54) is 31.0 Å². The third-order valence-corrected chi connectivity index (χ3v) is 4.41. The Morgan fingerprint density at radius 2 is 2.19 bits per heavy atom. The van der Waals surface area contributed by atoms with Gasteiger partial charge in [-0.15, -0.1) is 0 Å². The highest BCUT2D eigenvalue weighted by molar-refractivity contribution is 9.08. The lowest BCUT2D eigenvalue weighted by molar-refractivity contribution is 0.0592. The van der Waals surface area contributed by atoms with E-state index in [0.717, 1.165) is 10.5 Å². The summed E-state index contributed by atoms with van der Waals surface area (Å²) in [5, 5.41) is 1.14. The van der Waals surface area contributed by atoms with Gasteiger partial charge in [-0.1, -0.05) is 45.4 Å². The Bertz CT molecular complexity index is 684. The average molecular weight is 391 g/mol. The second-order valence-corrected chi connectivity index (χ2v) is 6.02. The van der Waals surface area contributed by atoms with Crippen LogP contribution in [0.15, 0.2) is 40.3 Å². The van der Waals surface area contributed by atoms with Gasteiger partial charge in [0.05, 0.1) is 12.1 Å². The predicted octanol–water partition coefficient (Wildman–Crippen LogP) is 4.71. The summed E-state index contributed by atoms with van der Waals surface area (Å²) in [7, 11) is 1.31. The van der Waals surface area contributed by atoms with E-state index in [1.54, 1.807) is 18.2 Å². The third-order valence-electron chi connectivity index (χ3n) is 2.59. The van der Waals surface area contributed by atoms with Gasteiger partial charge in [-0.3, -0.25) is 0 Å². The topological polar surface area (TPSA) is 39.2 Å². The second-order valence-electron chi connectivity index (χ2n) is 3.96. The first kappa shape index (κ1) is 16.3. The van der Waals surface area contributed by atoms with Gasteiger partial charge >= 0.3 is 5.97 Å². The standard InChI is InChI=1S/C14H10BrClFNO2S/c1-20-14(19)13-8(7-15)2-5-12(18-13)21-9-3-4-11(17)10(16)6-9/h2-6H,7H2,1H3. The molecule has 7 heteroatoms. The van der Waals surface area contributed by atoms with Crippen LogP contribution in [0, 0.1) is 5.82 Å². The molecule has 3 nitrogen and oxygen atoms in total. The van der Waals surface area contributed by atoms with Crippen molar-refractivity contribution in [2.75, 3.05) is 7.11 Å². The number of carbonyl (C=O) groups excluding carboxylic acids is 1. The molecule has 0 N–H and O–H groups in total. The number of carbonyl (C=O) groups is 1. The van der Waals surface area contributed by atoms with Gasteiger partial charge in [-0.2, -0.15) is 0 Å². The van der Waals surface area contributed by atoms with E-state index in [1.807, 2.05) is 0 Å². The molecule has 2 rings (SSSR count). The lowest BCUT2D eigenvalue weighted by Crippen LogP contribution is -2.08. The molecule has 21 heavy (non-hydrogen) atoms. The monoisotopic (exact) mass is 389 g/mol. The molecule has 0 radical (unpaired) electrons. The Morgan fingerprint density at radius 3 is 2.81 bits per heavy atom. The number of methoxy groups -OCH3 is 1. The maximum atomic E-state index is 13.1. The van der Waals surface area contributed by atoms with Crippen LogP contribution in [0.2, 0.25) is 5.02 Å². The molecule has 0 fully saturated rings. The number of benzene rings is 1. The minimum absolute atomic E-state index is 0.0465. The number of hydrogen-bond acceptors (Lipinski definition) is 4. The van der Waals surface area contributed by atoms with E-state index in [0.29, 0.717) is 10.4 Å². The Morgan fingerprint density at radius 1 is 1.43 bits per heavy atom. The van der Waals surface area contributed by atoms with Crippen LogP contribution >= 0.6 is 39.3 Å². The van der Waals surface area contributed by atoms with Crippen LogP contribution in [-0.4, -0.2) is 18.1 Å². The van der Waals surface area contributed by atoms with Crippen molar-refractivity contribution in [1.29, 1.82) is 0 Å². The maximum Gasteiger partial charge on any atom is 0.357 e. The van der Waals surface area contributed by atoms with Crippen molar-refractivity contribution in [3.63, 3.8) is 0 Å². The molecule has 2 aromatic rings. The van der Waals surface area contributed by atoms with Gasteiger partial charge in [0.15, 0.2) is 5.69 Å². The van der Waals surface area contributed by atoms with E-state index in [2.05, 4.69) is 20.9 Å². The van der Waals surface area contributed by atoms with E-state index in [4.69, 9.17) is 16.3 Å². The van der Waals surface area contributed by atoms with Gasteiger partial charge in [-0.05, 0) is 29.8 Å². The molecule has 0 unspecified atom stereocenters. The van der Waals surface area contributed by atoms with E-state index in [-0.39, 0.29) is 10.7 Å². The highest BCUT2D eigenvalue weighted by Gasteiger charge is 2.14. The van der Waals surface area contributed by atoms with Crippen molar-refractivity contribution >= 4 is 45.3 Å². The summed E-state index contributed by atoms with van der Waals surface area (Å²) in [6.07, 6.45) is 0. The number of ether oxygens (including phenoxy) is 1. The van der Waals surface area contributed by atoms with Crippen LogP contribution in [0.5, 0.6) is 0 Å². The van der Waals surface area contributed by atoms with Gasteiger partial charge in [0.25, 0.3) is 0 Å². The van der Waals surface area contributed by atoms with E-state index >= 15 is 0 Å². The Kier molecular flexibility index (Phi) is 5.61. The first-order valence-electron chi connectivity index (χ1n) is 5.82. The molecule has 0 aliphatic heterocycles. The van der Waals surface area contributed by atoms with Crippen LogP contribution in [-0.2, 0) is 10.1 Å². The van der Waals surface area contributed by atoms with Crippen LogP contribution in [0.25, 0.3) is 0 Å². The van der Waals surface area contributed by atoms with Gasteiger partial charge in [-0.25, -0.2) is 14.2 Å². The number of rotatable bonds is 4. The number of halogens is 3. The fourth-order valence-corrected chi connectivity index (χ4v) is 3.09. The van der Waals surface area contributed by atoms with Crippen molar-refractivity contribution in [3.05, 3.63) is 52.4 Å². The molecule has 0 saturated carbocycles. The Hall–Kier alpha value is -1.11. The van der Waals surface area contributed by atoms with Crippen LogP contribution in [0.4, 0.5) is 4.39 Å². The minimum Gasteiger partial charge on any atom is -0.464 e. The Balaban J connectivity index is 2.32. The van der Waals surface area contributed by atoms with Crippen molar-refractivity contribution in [3.8, 4) is 0 Å². The highest BCUT2D eigenvalue weighted by atomic mass is 79.9. The van der Waals surface area contributed by atoms with Crippen molar-refractivity contribution in [2.45, 2.75) is 15.3 Å². The Labute approximate surface area is 139 Å². The molecule has 0 aliphatic carbocycles.